The number of hydrogen-bond acceptors (Lipinski definition) is 5. The second kappa shape index (κ2) is 5.19. The zero-order valence-electron chi connectivity index (χ0n) is 12.2. The van der Waals surface area contributed by atoms with Gasteiger partial charge in [0.1, 0.15) is 5.54 Å². The largest absolute Gasteiger partial charge is 0.381 e. The zero-order valence-corrected chi connectivity index (χ0v) is 12.2. The molecule has 0 radical (unpaired) electrons. The van der Waals surface area contributed by atoms with E-state index in [1.807, 2.05) is 24.3 Å². The fraction of sp³-hybridized carbons (Fsp3) is 0.294. The lowest BCUT2D eigenvalue weighted by Gasteiger charge is -2.29. The van der Waals surface area contributed by atoms with E-state index in [2.05, 4.69) is 28.3 Å². The van der Waals surface area contributed by atoms with Crippen LogP contribution in [0.3, 0.4) is 0 Å². The summed E-state index contributed by atoms with van der Waals surface area (Å²) in [4.78, 5) is 4.57. The first-order valence-corrected chi connectivity index (χ1v) is 7.45. The summed E-state index contributed by atoms with van der Waals surface area (Å²) in [5.74, 6) is 1.09. The standard InChI is InChI=1S/C17H17N3O2/c18-17(8-10-21-11-9-17)16-19-15(20-22-16)14-7-3-5-12-4-1-2-6-13(12)14/h1-7H,8-11,18H2. The number of nitrogens with zero attached hydrogens (tertiary/aromatic N) is 2. The lowest BCUT2D eigenvalue weighted by atomic mass is 9.91. The van der Waals surface area contributed by atoms with Gasteiger partial charge in [0.05, 0.1) is 0 Å². The molecule has 0 saturated carbocycles. The molecule has 1 aromatic heterocycles. The van der Waals surface area contributed by atoms with Gasteiger partial charge in [-0.3, -0.25) is 0 Å². The summed E-state index contributed by atoms with van der Waals surface area (Å²) in [5, 5.41) is 6.41. The number of ether oxygens (including phenoxy) is 1. The maximum absolute atomic E-state index is 6.41. The van der Waals surface area contributed by atoms with Crippen LogP contribution in [0, 0.1) is 0 Å². The molecule has 112 valence electrons. The molecule has 1 aliphatic heterocycles. The Morgan fingerprint density at radius 3 is 2.64 bits per heavy atom. The van der Waals surface area contributed by atoms with E-state index in [9.17, 15) is 0 Å². The maximum atomic E-state index is 6.41. The Bertz CT molecular complexity index is 801. The van der Waals surface area contributed by atoms with Crippen LogP contribution < -0.4 is 5.73 Å². The van der Waals surface area contributed by atoms with E-state index in [0.29, 0.717) is 37.8 Å². The lowest BCUT2D eigenvalue weighted by molar-refractivity contribution is 0.0400. The van der Waals surface area contributed by atoms with Gasteiger partial charge >= 0.3 is 0 Å². The van der Waals surface area contributed by atoms with Gasteiger partial charge in [0, 0.05) is 18.8 Å². The Morgan fingerprint density at radius 2 is 1.77 bits per heavy atom. The van der Waals surface area contributed by atoms with Gasteiger partial charge in [-0.15, -0.1) is 0 Å². The molecule has 2 heterocycles. The first kappa shape index (κ1) is 13.4. The maximum Gasteiger partial charge on any atom is 0.247 e. The smallest absolute Gasteiger partial charge is 0.247 e. The Kier molecular flexibility index (Phi) is 3.17. The first-order chi connectivity index (χ1) is 10.8. The average Bonchev–Trinajstić information content (AvgIpc) is 3.06. The molecule has 22 heavy (non-hydrogen) atoms. The summed E-state index contributed by atoms with van der Waals surface area (Å²) in [6.45, 7) is 1.25. The Labute approximate surface area is 128 Å². The van der Waals surface area contributed by atoms with Crippen LogP contribution in [0.15, 0.2) is 47.0 Å². The third kappa shape index (κ3) is 2.19. The molecule has 5 heteroatoms. The van der Waals surface area contributed by atoms with Crippen molar-refractivity contribution in [2.45, 2.75) is 18.4 Å². The van der Waals surface area contributed by atoms with E-state index in [1.165, 1.54) is 0 Å². The SMILES string of the molecule is NC1(c2nc(-c3cccc4ccccc34)no2)CCOCC1. The molecule has 4 rings (SSSR count). The van der Waals surface area contributed by atoms with Crippen molar-refractivity contribution >= 4 is 10.8 Å². The highest BCUT2D eigenvalue weighted by Gasteiger charge is 2.36. The Balaban J connectivity index is 1.77. The molecule has 0 atom stereocenters. The van der Waals surface area contributed by atoms with Crippen molar-refractivity contribution in [3.05, 3.63) is 48.4 Å². The number of nitrogens with two attached hydrogens (primary N) is 1. The van der Waals surface area contributed by atoms with Gasteiger partial charge in [-0.05, 0) is 23.6 Å². The number of fused-ring (bicyclic) bond motifs is 1. The van der Waals surface area contributed by atoms with Crippen LogP contribution in [0.5, 0.6) is 0 Å². The molecule has 0 bridgehead atoms. The molecule has 1 saturated heterocycles. The molecule has 0 aliphatic carbocycles. The minimum absolute atomic E-state index is 0.499. The van der Waals surface area contributed by atoms with E-state index >= 15 is 0 Å². The first-order valence-electron chi connectivity index (χ1n) is 7.45. The summed E-state index contributed by atoms with van der Waals surface area (Å²) in [6, 6.07) is 14.2. The fourth-order valence-corrected chi connectivity index (χ4v) is 2.91. The molecule has 2 aromatic carbocycles. The quantitative estimate of drug-likeness (QED) is 0.787. The van der Waals surface area contributed by atoms with Crippen molar-refractivity contribution in [1.82, 2.24) is 10.1 Å². The van der Waals surface area contributed by atoms with E-state index < -0.39 is 5.54 Å². The summed E-state index contributed by atoms with van der Waals surface area (Å²) in [6.07, 6.45) is 1.40. The van der Waals surface area contributed by atoms with Crippen LogP contribution >= 0.6 is 0 Å². The van der Waals surface area contributed by atoms with Gasteiger partial charge in [-0.25, -0.2) is 0 Å². The number of hydrogen-bond donors (Lipinski definition) is 1. The average molecular weight is 295 g/mol. The Hall–Kier alpha value is -2.24. The molecule has 0 spiro atoms. The molecule has 2 N–H and O–H groups in total. The molecule has 0 unspecified atom stereocenters. The summed E-state index contributed by atoms with van der Waals surface area (Å²) in [7, 11) is 0. The van der Waals surface area contributed by atoms with Gasteiger partial charge in [-0.2, -0.15) is 4.98 Å². The highest BCUT2D eigenvalue weighted by atomic mass is 16.5. The monoisotopic (exact) mass is 295 g/mol. The minimum Gasteiger partial charge on any atom is -0.381 e. The van der Waals surface area contributed by atoms with Gasteiger partial charge in [-0.1, -0.05) is 47.6 Å². The molecule has 0 amide bonds. The summed E-state index contributed by atoms with van der Waals surface area (Å²) < 4.78 is 10.8. The normalized spacial score (nSPS) is 17.7. The van der Waals surface area contributed by atoms with Crippen LogP contribution in [0.4, 0.5) is 0 Å². The highest BCUT2D eigenvalue weighted by molar-refractivity contribution is 5.94. The summed E-state index contributed by atoms with van der Waals surface area (Å²) >= 11 is 0. The third-order valence-electron chi connectivity index (χ3n) is 4.27. The van der Waals surface area contributed by atoms with E-state index in [-0.39, 0.29) is 0 Å². The lowest BCUT2D eigenvalue weighted by Crippen LogP contribution is -2.42. The molecular weight excluding hydrogens is 278 g/mol. The minimum atomic E-state index is -0.575. The van der Waals surface area contributed by atoms with E-state index in [1.54, 1.807) is 0 Å². The van der Waals surface area contributed by atoms with Crippen molar-refractivity contribution in [3.8, 4) is 11.4 Å². The van der Waals surface area contributed by atoms with Crippen molar-refractivity contribution in [1.29, 1.82) is 0 Å². The van der Waals surface area contributed by atoms with Crippen molar-refractivity contribution in [3.63, 3.8) is 0 Å². The molecule has 3 aromatic rings. The van der Waals surface area contributed by atoms with Gasteiger partial charge in [0.15, 0.2) is 0 Å². The highest BCUT2D eigenvalue weighted by Crippen LogP contribution is 2.31. The van der Waals surface area contributed by atoms with Crippen LogP contribution in [-0.4, -0.2) is 23.4 Å². The predicted octanol–water partition coefficient (Wildman–Crippen LogP) is 2.85. The predicted molar refractivity (Wildman–Crippen MR) is 83.2 cm³/mol. The molecular formula is C17H17N3O2. The molecule has 1 fully saturated rings. The van der Waals surface area contributed by atoms with Crippen LogP contribution in [0.1, 0.15) is 18.7 Å². The molecule has 1 aliphatic rings. The number of aromatic nitrogens is 2. The van der Waals surface area contributed by atoms with Gasteiger partial charge in [0.2, 0.25) is 11.7 Å². The molecule has 5 nitrogen and oxygen atoms in total. The van der Waals surface area contributed by atoms with Gasteiger partial charge < -0.3 is 15.0 Å². The van der Waals surface area contributed by atoms with Crippen LogP contribution in [-0.2, 0) is 10.3 Å². The van der Waals surface area contributed by atoms with Crippen molar-refractivity contribution < 1.29 is 9.26 Å². The fourth-order valence-electron chi connectivity index (χ4n) is 2.91. The Morgan fingerprint density at radius 1 is 1.00 bits per heavy atom. The number of benzene rings is 2. The van der Waals surface area contributed by atoms with E-state index in [0.717, 1.165) is 16.3 Å². The third-order valence-corrected chi connectivity index (χ3v) is 4.27. The second-order valence-corrected chi connectivity index (χ2v) is 5.72. The number of rotatable bonds is 2. The van der Waals surface area contributed by atoms with Crippen molar-refractivity contribution in [2.24, 2.45) is 5.73 Å². The van der Waals surface area contributed by atoms with Crippen molar-refractivity contribution in [2.75, 3.05) is 13.2 Å². The summed E-state index contributed by atoms with van der Waals surface area (Å²) in [5.41, 5.74) is 6.79. The zero-order chi connectivity index (χ0) is 15.0. The van der Waals surface area contributed by atoms with Gasteiger partial charge in [0.25, 0.3) is 0 Å². The van der Waals surface area contributed by atoms with E-state index in [4.69, 9.17) is 15.0 Å². The topological polar surface area (TPSA) is 74.2 Å². The second-order valence-electron chi connectivity index (χ2n) is 5.72. The van der Waals surface area contributed by atoms with Crippen LogP contribution in [0.25, 0.3) is 22.2 Å². The van der Waals surface area contributed by atoms with Crippen LogP contribution in [0.2, 0.25) is 0 Å².